The fourth-order valence-corrected chi connectivity index (χ4v) is 2.28. The normalized spacial score (nSPS) is 12.8. The van der Waals surface area contributed by atoms with Crippen molar-refractivity contribution < 1.29 is 14.7 Å². The number of aliphatic carboxylic acids is 1. The predicted molar refractivity (Wildman–Crippen MR) is 81.5 cm³/mol. The number of carboxylic acids is 1. The van der Waals surface area contributed by atoms with Crippen molar-refractivity contribution in [1.29, 1.82) is 0 Å². The first-order chi connectivity index (χ1) is 9.26. The lowest BCUT2D eigenvalue weighted by molar-refractivity contribution is -0.146. The third-order valence-electron chi connectivity index (χ3n) is 3.21. The molecular formula is C15H20BrNO3. The van der Waals surface area contributed by atoms with E-state index >= 15 is 0 Å². The lowest BCUT2D eigenvalue weighted by Crippen LogP contribution is -2.51. The second-order valence-electron chi connectivity index (χ2n) is 5.36. The number of carbonyl (C=O) groups excluding carboxylic acids is 1. The van der Waals surface area contributed by atoms with Crippen LogP contribution in [-0.2, 0) is 16.0 Å². The predicted octanol–water partition coefficient (Wildman–Crippen LogP) is 3.00. The summed E-state index contributed by atoms with van der Waals surface area (Å²) in [5.74, 6) is -1.49. The Bertz CT molecular complexity index is 500. The van der Waals surface area contributed by atoms with Gasteiger partial charge in [-0.1, -0.05) is 35.0 Å². The second kappa shape index (κ2) is 6.88. The summed E-state index contributed by atoms with van der Waals surface area (Å²) in [5.41, 5.74) is -0.198. The van der Waals surface area contributed by atoms with Crippen molar-refractivity contribution in [1.82, 2.24) is 5.32 Å². The molecule has 0 aliphatic heterocycles. The summed E-state index contributed by atoms with van der Waals surface area (Å²) in [6, 6.07) is 7.78. The molecule has 2 N–H and O–H groups in total. The number of carboxylic acid groups (broad SMARTS) is 1. The van der Waals surface area contributed by atoms with Gasteiger partial charge < -0.3 is 10.4 Å². The Morgan fingerprint density at radius 3 is 2.55 bits per heavy atom. The van der Waals surface area contributed by atoms with Crippen molar-refractivity contribution in [3.8, 4) is 0 Å². The Kier molecular flexibility index (Phi) is 5.74. The molecule has 0 aliphatic carbocycles. The minimum atomic E-state index is -1.25. The molecule has 0 saturated heterocycles. The van der Waals surface area contributed by atoms with Crippen molar-refractivity contribution in [3.05, 3.63) is 34.3 Å². The maximum Gasteiger partial charge on any atom is 0.328 e. The van der Waals surface area contributed by atoms with E-state index in [1.54, 1.807) is 0 Å². The molecular weight excluding hydrogens is 322 g/mol. The van der Waals surface area contributed by atoms with Crippen LogP contribution >= 0.6 is 15.9 Å². The molecule has 20 heavy (non-hydrogen) atoms. The standard InChI is InChI=1S/C15H20BrNO3/c1-4-11(8-10-6-5-7-12(16)9-10)13(18)17-15(2,3)14(19)20/h5-7,9,11H,4,8H2,1-3H3,(H,17,18)(H,19,20). The van der Waals surface area contributed by atoms with E-state index in [1.165, 1.54) is 13.8 Å². The van der Waals surface area contributed by atoms with Crippen LogP contribution in [0, 0.1) is 5.92 Å². The molecule has 0 aliphatic rings. The first-order valence-corrected chi connectivity index (χ1v) is 7.35. The van der Waals surface area contributed by atoms with Crippen molar-refractivity contribution in [3.63, 3.8) is 0 Å². The lowest BCUT2D eigenvalue weighted by Gasteiger charge is -2.24. The average Bonchev–Trinajstić information content (AvgIpc) is 2.35. The van der Waals surface area contributed by atoms with E-state index in [1.807, 2.05) is 31.2 Å². The topological polar surface area (TPSA) is 66.4 Å². The van der Waals surface area contributed by atoms with Gasteiger partial charge in [-0.05, 0) is 44.4 Å². The van der Waals surface area contributed by atoms with Gasteiger partial charge in [0.25, 0.3) is 0 Å². The molecule has 1 aromatic rings. The first kappa shape index (κ1) is 16.7. The molecule has 1 atom stereocenters. The molecule has 0 radical (unpaired) electrons. The van der Waals surface area contributed by atoms with Crippen LogP contribution in [-0.4, -0.2) is 22.5 Å². The van der Waals surface area contributed by atoms with Gasteiger partial charge >= 0.3 is 5.97 Å². The van der Waals surface area contributed by atoms with Gasteiger partial charge in [-0.2, -0.15) is 0 Å². The molecule has 0 spiro atoms. The summed E-state index contributed by atoms with van der Waals surface area (Å²) in [5, 5.41) is 11.6. The van der Waals surface area contributed by atoms with Crippen molar-refractivity contribution in [2.75, 3.05) is 0 Å². The molecule has 1 amide bonds. The average molecular weight is 342 g/mol. The molecule has 0 aromatic heterocycles. The van der Waals surface area contributed by atoms with E-state index in [-0.39, 0.29) is 11.8 Å². The molecule has 1 unspecified atom stereocenters. The minimum Gasteiger partial charge on any atom is -0.480 e. The van der Waals surface area contributed by atoms with Gasteiger partial charge in [-0.3, -0.25) is 4.79 Å². The Morgan fingerprint density at radius 2 is 2.05 bits per heavy atom. The molecule has 4 nitrogen and oxygen atoms in total. The summed E-state index contributed by atoms with van der Waals surface area (Å²) in [6.07, 6.45) is 1.26. The lowest BCUT2D eigenvalue weighted by atomic mass is 9.94. The van der Waals surface area contributed by atoms with Gasteiger partial charge in [-0.15, -0.1) is 0 Å². The third-order valence-corrected chi connectivity index (χ3v) is 3.70. The molecule has 0 saturated carbocycles. The van der Waals surface area contributed by atoms with Crippen LogP contribution in [0.15, 0.2) is 28.7 Å². The van der Waals surface area contributed by atoms with Crippen molar-refractivity contribution in [2.45, 2.75) is 39.2 Å². The molecule has 0 heterocycles. The van der Waals surface area contributed by atoms with Gasteiger partial charge in [0.15, 0.2) is 0 Å². The third kappa shape index (κ3) is 4.63. The number of halogens is 1. The fraction of sp³-hybridized carbons (Fsp3) is 0.467. The van der Waals surface area contributed by atoms with Gasteiger partial charge in [0.1, 0.15) is 5.54 Å². The highest BCUT2D eigenvalue weighted by molar-refractivity contribution is 9.10. The largest absolute Gasteiger partial charge is 0.480 e. The van der Waals surface area contributed by atoms with Gasteiger partial charge in [0.05, 0.1) is 0 Å². The number of rotatable bonds is 6. The SMILES string of the molecule is CCC(Cc1cccc(Br)c1)C(=O)NC(C)(C)C(=O)O. The van der Waals surface area contributed by atoms with Crippen LogP contribution in [0.25, 0.3) is 0 Å². The summed E-state index contributed by atoms with van der Waals surface area (Å²) in [7, 11) is 0. The van der Waals surface area contributed by atoms with Crippen molar-refractivity contribution >= 4 is 27.8 Å². The first-order valence-electron chi connectivity index (χ1n) is 6.56. The van der Waals surface area contributed by atoms with E-state index in [9.17, 15) is 9.59 Å². The van der Waals surface area contributed by atoms with Crippen molar-refractivity contribution in [2.24, 2.45) is 5.92 Å². The van der Waals surface area contributed by atoms with E-state index in [0.717, 1.165) is 10.0 Å². The summed E-state index contributed by atoms with van der Waals surface area (Å²) < 4.78 is 0.969. The fourth-order valence-electron chi connectivity index (χ4n) is 1.83. The zero-order valence-corrected chi connectivity index (χ0v) is 13.5. The quantitative estimate of drug-likeness (QED) is 0.835. The van der Waals surface area contributed by atoms with E-state index in [0.29, 0.717) is 12.8 Å². The van der Waals surface area contributed by atoms with Crippen LogP contribution < -0.4 is 5.32 Å². The summed E-state index contributed by atoms with van der Waals surface area (Å²) in [4.78, 5) is 23.2. The van der Waals surface area contributed by atoms with Crippen LogP contribution in [0.5, 0.6) is 0 Å². The maximum absolute atomic E-state index is 12.2. The number of hydrogen-bond donors (Lipinski definition) is 2. The number of hydrogen-bond acceptors (Lipinski definition) is 2. The smallest absolute Gasteiger partial charge is 0.328 e. The maximum atomic E-state index is 12.2. The highest BCUT2D eigenvalue weighted by atomic mass is 79.9. The van der Waals surface area contributed by atoms with Crippen LogP contribution in [0.3, 0.4) is 0 Å². The van der Waals surface area contributed by atoms with E-state index < -0.39 is 11.5 Å². The second-order valence-corrected chi connectivity index (χ2v) is 6.27. The molecule has 1 rings (SSSR count). The molecule has 110 valence electrons. The van der Waals surface area contributed by atoms with E-state index in [4.69, 9.17) is 5.11 Å². The molecule has 1 aromatic carbocycles. The minimum absolute atomic E-state index is 0.222. The Balaban J connectivity index is 2.76. The van der Waals surface area contributed by atoms with Crippen LogP contribution in [0.2, 0.25) is 0 Å². The highest BCUT2D eigenvalue weighted by Gasteiger charge is 2.31. The van der Waals surface area contributed by atoms with Crippen LogP contribution in [0.1, 0.15) is 32.8 Å². The zero-order chi connectivity index (χ0) is 15.3. The Hall–Kier alpha value is -1.36. The Morgan fingerprint density at radius 1 is 1.40 bits per heavy atom. The monoisotopic (exact) mass is 341 g/mol. The zero-order valence-electron chi connectivity index (χ0n) is 11.9. The Labute approximate surface area is 127 Å². The number of benzene rings is 1. The molecule has 5 heteroatoms. The van der Waals surface area contributed by atoms with Gasteiger partial charge in [0.2, 0.25) is 5.91 Å². The van der Waals surface area contributed by atoms with Crippen LogP contribution in [0.4, 0.5) is 0 Å². The highest BCUT2D eigenvalue weighted by Crippen LogP contribution is 2.18. The van der Waals surface area contributed by atoms with Gasteiger partial charge in [0, 0.05) is 10.4 Å². The number of carbonyl (C=O) groups is 2. The summed E-state index contributed by atoms with van der Waals surface area (Å²) >= 11 is 3.40. The van der Waals surface area contributed by atoms with E-state index in [2.05, 4.69) is 21.2 Å². The number of nitrogens with one attached hydrogen (secondary N) is 1. The number of amides is 1. The molecule has 0 bridgehead atoms. The van der Waals surface area contributed by atoms with Gasteiger partial charge in [-0.25, -0.2) is 4.79 Å². The summed E-state index contributed by atoms with van der Waals surface area (Å²) in [6.45, 7) is 4.90. The molecule has 0 fully saturated rings.